The van der Waals surface area contributed by atoms with Gasteiger partial charge in [0, 0.05) is 25.3 Å². The highest BCUT2D eigenvalue weighted by atomic mass is 32.2. The van der Waals surface area contributed by atoms with Crippen molar-refractivity contribution in [2.75, 3.05) is 18.6 Å². The van der Waals surface area contributed by atoms with Crippen LogP contribution in [0.2, 0.25) is 0 Å². The van der Waals surface area contributed by atoms with Crippen LogP contribution in [0.3, 0.4) is 0 Å². The van der Waals surface area contributed by atoms with Gasteiger partial charge >= 0.3 is 0 Å². The lowest BCUT2D eigenvalue weighted by Gasteiger charge is -2.18. The maximum absolute atomic E-state index is 11.4. The van der Waals surface area contributed by atoms with Gasteiger partial charge in [-0.2, -0.15) is 0 Å². The lowest BCUT2D eigenvalue weighted by Crippen LogP contribution is -2.43. The standard InChI is InChI=1S/C19H27N3O3S/c1-16(11-14-26(2,23)24)22-19(20-12-10-18-9-6-13-25-18)21-15-17-7-4-3-5-8-17/h3-9,13,16H,10-12,14-15H2,1-2H3,(H2,20,21,22). The Morgan fingerprint density at radius 3 is 2.62 bits per heavy atom. The number of nitrogens with zero attached hydrogens (tertiary/aromatic N) is 1. The zero-order chi connectivity index (χ0) is 18.8. The lowest BCUT2D eigenvalue weighted by molar-refractivity contribution is 0.506. The van der Waals surface area contributed by atoms with Gasteiger partial charge in [-0.1, -0.05) is 30.3 Å². The van der Waals surface area contributed by atoms with Crippen molar-refractivity contribution in [2.24, 2.45) is 4.99 Å². The number of sulfone groups is 1. The fourth-order valence-electron chi connectivity index (χ4n) is 2.36. The Morgan fingerprint density at radius 2 is 1.96 bits per heavy atom. The molecule has 0 saturated heterocycles. The van der Waals surface area contributed by atoms with Crippen molar-refractivity contribution < 1.29 is 12.8 Å². The van der Waals surface area contributed by atoms with E-state index in [1.54, 1.807) is 6.26 Å². The lowest BCUT2D eigenvalue weighted by atomic mass is 10.2. The Hall–Kier alpha value is -2.28. The Bertz CT molecular complexity index is 772. The summed E-state index contributed by atoms with van der Waals surface area (Å²) in [5, 5.41) is 6.57. The summed E-state index contributed by atoms with van der Waals surface area (Å²) in [5.41, 5.74) is 1.11. The Labute approximate surface area is 155 Å². The van der Waals surface area contributed by atoms with Crippen molar-refractivity contribution in [2.45, 2.75) is 32.4 Å². The third-order valence-corrected chi connectivity index (χ3v) is 4.79. The van der Waals surface area contributed by atoms with Gasteiger partial charge in [-0.25, -0.2) is 13.4 Å². The van der Waals surface area contributed by atoms with Gasteiger partial charge in [0.1, 0.15) is 15.6 Å². The van der Waals surface area contributed by atoms with E-state index in [0.717, 1.165) is 17.7 Å². The van der Waals surface area contributed by atoms with E-state index in [1.165, 1.54) is 6.26 Å². The van der Waals surface area contributed by atoms with Gasteiger partial charge in [-0.05, 0) is 31.0 Å². The first-order valence-electron chi connectivity index (χ1n) is 8.71. The van der Waals surface area contributed by atoms with Gasteiger partial charge in [0.2, 0.25) is 0 Å². The molecule has 6 nitrogen and oxygen atoms in total. The molecule has 1 aromatic carbocycles. The average molecular weight is 378 g/mol. The van der Waals surface area contributed by atoms with E-state index < -0.39 is 9.84 Å². The zero-order valence-corrected chi connectivity index (χ0v) is 16.1. The molecule has 2 N–H and O–H groups in total. The fourth-order valence-corrected chi connectivity index (χ4v) is 3.14. The van der Waals surface area contributed by atoms with Crippen LogP contribution in [0.5, 0.6) is 0 Å². The summed E-state index contributed by atoms with van der Waals surface area (Å²) >= 11 is 0. The number of guanidine groups is 1. The SMILES string of the molecule is CC(CCS(C)(=O)=O)NC(=NCc1ccccc1)NCCc1ccco1. The van der Waals surface area contributed by atoms with Crippen LogP contribution in [-0.4, -0.2) is 39.0 Å². The van der Waals surface area contributed by atoms with Crippen LogP contribution in [0.15, 0.2) is 58.1 Å². The molecule has 2 aromatic rings. The van der Waals surface area contributed by atoms with Crippen LogP contribution in [-0.2, 0) is 22.8 Å². The molecule has 1 heterocycles. The molecule has 142 valence electrons. The highest BCUT2D eigenvalue weighted by Gasteiger charge is 2.10. The molecular weight excluding hydrogens is 350 g/mol. The molecule has 1 atom stereocenters. The van der Waals surface area contributed by atoms with Crippen molar-refractivity contribution >= 4 is 15.8 Å². The third-order valence-electron chi connectivity index (χ3n) is 3.81. The number of hydrogen-bond donors (Lipinski definition) is 2. The van der Waals surface area contributed by atoms with Crippen LogP contribution in [0.1, 0.15) is 24.7 Å². The summed E-state index contributed by atoms with van der Waals surface area (Å²) in [6.07, 6.45) is 4.19. The molecule has 0 aliphatic heterocycles. The third kappa shape index (κ3) is 8.20. The van der Waals surface area contributed by atoms with E-state index in [1.807, 2.05) is 49.4 Å². The average Bonchev–Trinajstić information content (AvgIpc) is 3.11. The molecule has 0 saturated carbocycles. The Kier molecular flexibility index (Phi) is 7.72. The van der Waals surface area contributed by atoms with E-state index in [0.29, 0.717) is 25.5 Å². The van der Waals surface area contributed by atoms with Crippen molar-refractivity contribution in [1.29, 1.82) is 0 Å². The minimum Gasteiger partial charge on any atom is -0.469 e. The van der Waals surface area contributed by atoms with Gasteiger partial charge < -0.3 is 15.1 Å². The minimum absolute atomic E-state index is 0.00430. The molecule has 0 bridgehead atoms. The number of hydrogen-bond acceptors (Lipinski definition) is 4. The van der Waals surface area contributed by atoms with E-state index in [2.05, 4.69) is 15.6 Å². The molecule has 0 aliphatic rings. The molecule has 0 aliphatic carbocycles. The topological polar surface area (TPSA) is 83.7 Å². The van der Waals surface area contributed by atoms with Crippen molar-refractivity contribution in [3.63, 3.8) is 0 Å². The van der Waals surface area contributed by atoms with Gasteiger partial charge in [-0.3, -0.25) is 0 Å². The maximum atomic E-state index is 11.4. The number of nitrogens with one attached hydrogen (secondary N) is 2. The minimum atomic E-state index is -2.97. The summed E-state index contributed by atoms with van der Waals surface area (Å²) in [5.74, 6) is 1.73. The molecular formula is C19H27N3O3S. The first-order valence-corrected chi connectivity index (χ1v) is 10.8. The first-order chi connectivity index (χ1) is 12.4. The summed E-state index contributed by atoms with van der Waals surface area (Å²) < 4.78 is 28.0. The van der Waals surface area contributed by atoms with Crippen LogP contribution in [0, 0.1) is 0 Å². The van der Waals surface area contributed by atoms with Crippen LogP contribution in [0.25, 0.3) is 0 Å². The summed E-state index contributed by atoms with van der Waals surface area (Å²) in [6, 6.07) is 13.8. The number of aliphatic imine (C=N–C) groups is 1. The van der Waals surface area contributed by atoms with E-state index >= 15 is 0 Å². The second-order valence-corrected chi connectivity index (χ2v) is 8.63. The summed E-state index contributed by atoms with van der Waals surface area (Å²) in [7, 11) is -2.97. The van der Waals surface area contributed by atoms with Gasteiger partial charge in [-0.15, -0.1) is 0 Å². The first kappa shape index (κ1) is 20.0. The molecule has 2 rings (SSSR count). The van der Waals surface area contributed by atoms with Gasteiger partial charge in [0.25, 0.3) is 0 Å². The predicted octanol–water partition coefficient (Wildman–Crippen LogP) is 2.38. The quantitative estimate of drug-likeness (QED) is 0.518. The van der Waals surface area contributed by atoms with Crippen LogP contribution >= 0.6 is 0 Å². The molecule has 0 radical (unpaired) electrons. The normalized spacial score (nSPS) is 13.4. The highest BCUT2D eigenvalue weighted by Crippen LogP contribution is 2.02. The Morgan fingerprint density at radius 1 is 1.19 bits per heavy atom. The second-order valence-electron chi connectivity index (χ2n) is 6.37. The number of benzene rings is 1. The Balaban J connectivity index is 1.92. The monoisotopic (exact) mass is 377 g/mol. The second kappa shape index (κ2) is 10.0. The summed E-state index contributed by atoms with van der Waals surface area (Å²) in [4.78, 5) is 4.61. The van der Waals surface area contributed by atoms with Crippen LogP contribution < -0.4 is 10.6 Å². The largest absolute Gasteiger partial charge is 0.469 e. The molecule has 1 unspecified atom stereocenters. The molecule has 0 fully saturated rings. The molecule has 7 heteroatoms. The molecule has 1 aromatic heterocycles. The van der Waals surface area contributed by atoms with E-state index in [4.69, 9.17) is 4.42 Å². The summed E-state index contributed by atoms with van der Waals surface area (Å²) in [6.45, 7) is 3.18. The van der Waals surface area contributed by atoms with Crippen molar-refractivity contribution in [1.82, 2.24) is 10.6 Å². The molecule has 26 heavy (non-hydrogen) atoms. The van der Waals surface area contributed by atoms with Crippen molar-refractivity contribution in [3.05, 3.63) is 60.1 Å². The predicted molar refractivity (Wildman–Crippen MR) is 105 cm³/mol. The zero-order valence-electron chi connectivity index (χ0n) is 15.3. The smallest absolute Gasteiger partial charge is 0.191 e. The number of rotatable bonds is 9. The maximum Gasteiger partial charge on any atom is 0.191 e. The highest BCUT2D eigenvalue weighted by molar-refractivity contribution is 7.90. The molecule has 0 spiro atoms. The van der Waals surface area contributed by atoms with Crippen molar-refractivity contribution in [3.8, 4) is 0 Å². The van der Waals surface area contributed by atoms with Gasteiger partial charge in [0.05, 0.1) is 18.6 Å². The van der Waals surface area contributed by atoms with Crippen LogP contribution in [0.4, 0.5) is 0 Å². The molecule has 0 amide bonds. The van der Waals surface area contributed by atoms with E-state index in [9.17, 15) is 8.42 Å². The van der Waals surface area contributed by atoms with E-state index in [-0.39, 0.29) is 11.8 Å². The van der Waals surface area contributed by atoms with Gasteiger partial charge in [0.15, 0.2) is 5.96 Å². The fraction of sp³-hybridized carbons (Fsp3) is 0.421. The number of furan rings is 1.